The molecule has 1 amide bonds. The second kappa shape index (κ2) is 7.77. The number of aromatic amines is 1. The van der Waals surface area contributed by atoms with Crippen LogP contribution in [0.15, 0.2) is 27.5 Å². The molecule has 1 aliphatic carbocycles. The smallest absolute Gasteiger partial charge is 0.286 e. The van der Waals surface area contributed by atoms with Gasteiger partial charge in [-0.05, 0) is 43.9 Å². The fraction of sp³-hybridized carbons (Fsp3) is 0.294. The number of pyridine rings is 1. The zero-order valence-electron chi connectivity index (χ0n) is 13.8. The Bertz CT molecular complexity index is 915. The van der Waals surface area contributed by atoms with Gasteiger partial charge in [0, 0.05) is 10.2 Å². The number of rotatable bonds is 6. The van der Waals surface area contributed by atoms with Crippen molar-refractivity contribution < 1.29 is 14.0 Å². The van der Waals surface area contributed by atoms with E-state index in [4.69, 9.17) is 16.4 Å². The number of hydrogen-bond acceptors (Lipinski definition) is 4. The maximum absolute atomic E-state index is 14.5. The standard InChI is InChI=1S/C17H16BrClFN3O3/c1-8-13(16(24)23-26-7-9-2-3-9)15(14(20)17(25)21-8)22-12-5-4-10(18)6-11(12)19/h4-6,9H,2-3,7H2,1H3,(H,23,24)(H2,21,22,25). The Morgan fingerprint density at radius 3 is 2.85 bits per heavy atom. The Hall–Kier alpha value is -1.90. The third-order valence-electron chi connectivity index (χ3n) is 3.94. The van der Waals surface area contributed by atoms with E-state index in [1.807, 2.05) is 0 Å². The molecule has 26 heavy (non-hydrogen) atoms. The quantitative estimate of drug-likeness (QED) is 0.587. The summed E-state index contributed by atoms with van der Waals surface area (Å²) in [5.74, 6) is -1.32. The van der Waals surface area contributed by atoms with Crippen molar-refractivity contribution in [3.05, 3.63) is 55.1 Å². The minimum Gasteiger partial charge on any atom is -0.351 e. The second-order valence-corrected chi connectivity index (χ2v) is 7.40. The van der Waals surface area contributed by atoms with E-state index >= 15 is 0 Å². The molecular formula is C17H16BrClFN3O3. The monoisotopic (exact) mass is 443 g/mol. The summed E-state index contributed by atoms with van der Waals surface area (Å²) in [5.41, 5.74) is 1.61. The molecule has 1 fully saturated rings. The molecule has 6 nitrogen and oxygen atoms in total. The van der Waals surface area contributed by atoms with Gasteiger partial charge in [0.25, 0.3) is 11.5 Å². The van der Waals surface area contributed by atoms with Gasteiger partial charge < -0.3 is 10.3 Å². The predicted molar refractivity (Wildman–Crippen MR) is 100 cm³/mol. The Morgan fingerprint density at radius 2 is 2.19 bits per heavy atom. The molecule has 0 bridgehead atoms. The summed E-state index contributed by atoms with van der Waals surface area (Å²) in [7, 11) is 0. The fourth-order valence-corrected chi connectivity index (χ4v) is 3.11. The number of nitrogens with one attached hydrogen (secondary N) is 3. The molecule has 1 aromatic carbocycles. The molecule has 0 aliphatic heterocycles. The van der Waals surface area contributed by atoms with Crippen molar-refractivity contribution in [3.63, 3.8) is 0 Å². The zero-order chi connectivity index (χ0) is 18.8. The van der Waals surface area contributed by atoms with E-state index in [1.54, 1.807) is 18.2 Å². The Morgan fingerprint density at radius 1 is 1.46 bits per heavy atom. The number of benzene rings is 1. The predicted octanol–water partition coefficient (Wildman–Crippen LogP) is 4.05. The first-order valence-electron chi connectivity index (χ1n) is 7.93. The lowest BCUT2D eigenvalue weighted by Crippen LogP contribution is -2.29. The number of anilines is 2. The fourth-order valence-electron chi connectivity index (χ4n) is 2.39. The van der Waals surface area contributed by atoms with Crippen molar-refractivity contribution in [1.29, 1.82) is 0 Å². The lowest BCUT2D eigenvalue weighted by Gasteiger charge is -2.16. The summed E-state index contributed by atoms with van der Waals surface area (Å²) in [5, 5.41) is 3.05. The van der Waals surface area contributed by atoms with E-state index in [-0.39, 0.29) is 16.9 Å². The molecule has 1 heterocycles. The number of aromatic nitrogens is 1. The van der Waals surface area contributed by atoms with Crippen LogP contribution in [0.25, 0.3) is 0 Å². The summed E-state index contributed by atoms with van der Waals surface area (Å²) in [6.45, 7) is 1.91. The largest absolute Gasteiger partial charge is 0.351 e. The molecule has 1 aromatic heterocycles. The van der Waals surface area contributed by atoms with Crippen LogP contribution in [0.2, 0.25) is 5.02 Å². The van der Waals surface area contributed by atoms with Crippen LogP contribution in [0, 0.1) is 18.7 Å². The number of aryl methyl sites for hydroxylation is 1. The highest BCUT2D eigenvalue weighted by Gasteiger charge is 2.25. The SMILES string of the molecule is Cc1[nH]c(=O)c(F)c(Nc2ccc(Br)cc2Cl)c1C(=O)NOCC1CC1. The summed E-state index contributed by atoms with van der Waals surface area (Å²) >= 11 is 9.42. The van der Waals surface area contributed by atoms with Gasteiger partial charge in [0.2, 0.25) is 5.82 Å². The molecule has 0 atom stereocenters. The third kappa shape index (κ3) is 4.25. The van der Waals surface area contributed by atoms with Gasteiger partial charge in [-0.3, -0.25) is 14.4 Å². The van der Waals surface area contributed by atoms with Crippen molar-refractivity contribution in [1.82, 2.24) is 10.5 Å². The molecule has 3 rings (SSSR count). The van der Waals surface area contributed by atoms with Gasteiger partial charge in [-0.25, -0.2) is 5.48 Å². The van der Waals surface area contributed by atoms with Crippen LogP contribution >= 0.6 is 27.5 Å². The first-order chi connectivity index (χ1) is 12.4. The van der Waals surface area contributed by atoms with Gasteiger partial charge in [-0.1, -0.05) is 27.5 Å². The Balaban J connectivity index is 1.93. The molecule has 0 unspecified atom stereocenters. The molecule has 0 saturated heterocycles. The topological polar surface area (TPSA) is 83.2 Å². The number of amides is 1. The van der Waals surface area contributed by atoms with E-state index in [0.717, 1.165) is 17.3 Å². The third-order valence-corrected chi connectivity index (χ3v) is 4.75. The molecule has 0 radical (unpaired) electrons. The Labute approximate surface area is 162 Å². The van der Waals surface area contributed by atoms with Gasteiger partial charge in [-0.15, -0.1) is 0 Å². The summed E-state index contributed by atoms with van der Waals surface area (Å²) < 4.78 is 15.2. The minimum absolute atomic E-state index is 0.0584. The van der Waals surface area contributed by atoms with Crippen LogP contribution in [0.5, 0.6) is 0 Å². The molecule has 9 heteroatoms. The van der Waals surface area contributed by atoms with Crippen molar-refractivity contribution in [2.45, 2.75) is 19.8 Å². The zero-order valence-corrected chi connectivity index (χ0v) is 16.1. The summed E-state index contributed by atoms with van der Waals surface area (Å²) in [4.78, 5) is 31.8. The highest BCUT2D eigenvalue weighted by molar-refractivity contribution is 9.10. The lowest BCUT2D eigenvalue weighted by atomic mass is 10.1. The Kier molecular flexibility index (Phi) is 5.64. The van der Waals surface area contributed by atoms with Gasteiger partial charge in [0.05, 0.1) is 28.6 Å². The molecule has 1 saturated carbocycles. The van der Waals surface area contributed by atoms with E-state index < -0.39 is 17.3 Å². The first kappa shape index (κ1) is 18.9. The molecule has 1 aliphatic rings. The highest BCUT2D eigenvalue weighted by atomic mass is 79.9. The van der Waals surface area contributed by atoms with E-state index in [9.17, 15) is 14.0 Å². The maximum atomic E-state index is 14.5. The molecule has 2 aromatic rings. The molecule has 0 spiro atoms. The van der Waals surface area contributed by atoms with Crippen LogP contribution in [-0.4, -0.2) is 17.5 Å². The number of hydrogen-bond donors (Lipinski definition) is 3. The van der Waals surface area contributed by atoms with Gasteiger partial charge in [0.1, 0.15) is 0 Å². The van der Waals surface area contributed by atoms with Crippen LogP contribution in [0.1, 0.15) is 28.9 Å². The number of hydroxylamine groups is 1. The second-order valence-electron chi connectivity index (χ2n) is 6.08. The minimum atomic E-state index is -1.11. The van der Waals surface area contributed by atoms with Crippen molar-refractivity contribution in [2.24, 2.45) is 5.92 Å². The number of H-pyrrole nitrogens is 1. The normalized spacial score (nSPS) is 13.5. The van der Waals surface area contributed by atoms with Gasteiger partial charge >= 0.3 is 0 Å². The van der Waals surface area contributed by atoms with Crippen LogP contribution in [-0.2, 0) is 4.84 Å². The van der Waals surface area contributed by atoms with Crippen LogP contribution in [0.4, 0.5) is 15.8 Å². The molecule has 138 valence electrons. The molecular weight excluding hydrogens is 429 g/mol. The van der Waals surface area contributed by atoms with Crippen LogP contribution < -0.4 is 16.4 Å². The van der Waals surface area contributed by atoms with Crippen molar-refractivity contribution in [2.75, 3.05) is 11.9 Å². The number of halogens is 3. The van der Waals surface area contributed by atoms with Crippen molar-refractivity contribution >= 4 is 44.8 Å². The maximum Gasteiger partial charge on any atom is 0.286 e. The van der Waals surface area contributed by atoms with E-state index in [2.05, 4.69) is 31.7 Å². The van der Waals surface area contributed by atoms with E-state index in [0.29, 0.717) is 23.2 Å². The summed E-state index contributed by atoms with van der Waals surface area (Å²) in [6, 6.07) is 4.92. The van der Waals surface area contributed by atoms with Crippen molar-refractivity contribution in [3.8, 4) is 0 Å². The van der Waals surface area contributed by atoms with Gasteiger partial charge in [0.15, 0.2) is 0 Å². The average molecular weight is 445 g/mol. The molecule has 3 N–H and O–H groups in total. The van der Waals surface area contributed by atoms with Crippen LogP contribution in [0.3, 0.4) is 0 Å². The lowest BCUT2D eigenvalue weighted by molar-refractivity contribution is 0.0270. The number of carbonyl (C=O) groups excluding carboxylic acids is 1. The summed E-state index contributed by atoms with van der Waals surface area (Å²) in [6.07, 6.45) is 2.13. The van der Waals surface area contributed by atoms with Gasteiger partial charge in [-0.2, -0.15) is 4.39 Å². The number of carbonyl (C=O) groups is 1. The first-order valence-corrected chi connectivity index (χ1v) is 9.10. The highest BCUT2D eigenvalue weighted by Crippen LogP contribution is 2.31. The average Bonchev–Trinajstić information content (AvgIpc) is 3.38. The van der Waals surface area contributed by atoms with E-state index in [1.165, 1.54) is 6.92 Å².